The number of nitrogens with zero attached hydrogens (tertiary/aromatic N) is 3. The molecule has 1 heterocycles. The molecular weight excluding hydrogens is 397 g/mol. The van der Waals surface area contributed by atoms with Crippen molar-refractivity contribution < 1.29 is 14.0 Å². The van der Waals surface area contributed by atoms with Crippen LogP contribution in [0.5, 0.6) is 0 Å². The minimum absolute atomic E-state index is 0.0312. The second kappa shape index (κ2) is 8.90. The van der Waals surface area contributed by atoms with E-state index in [-0.39, 0.29) is 40.5 Å². The first-order valence-corrected chi connectivity index (χ1v) is 10.1. The molecule has 1 aliphatic rings. The van der Waals surface area contributed by atoms with Gasteiger partial charge in [-0.3, -0.25) is 9.59 Å². The molecule has 1 fully saturated rings. The summed E-state index contributed by atoms with van der Waals surface area (Å²) in [7, 11) is 0. The molecule has 0 spiro atoms. The predicted molar refractivity (Wildman–Crippen MR) is 108 cm³/mol. The zero-order chi connectivity index (χ0) is 21.1. The number of aromatic nitrogens is 3. The molecule has 9 heteroatoms. The van der Waals surface area contributed by atoms with E-state index in [0.717, 1.165) is 19.3 Å². The molecule has 0 bridgehead atoms. The molecule has 2 aromatic rings. The summed E-state index contributed by atoms with van der Waals surface area (Å²) in [6.45, 7) is 5.58. The third-order valence-corrected chi connectivity index (χ3v) is 5.36. The van der Waals surface area contributed by atoms with Crippen LogP contribution in [0.15, 0.2) is 18.2 Å². The van der Waals surface area contributed by atoms with Crippen molar-refractivity contribution in [1.82, 2.24) is 25.6 Å². The summed E-state index contributed by atoms with van der Waals surface area (Å²) in [5.41, 5.74) is 1.23. The molecule has 3 rings (SSSR count). The van der Waals surface area contributed by atoms with Gasteiger partial charge in [-0.15, -0.1) is 5.10 Å². The lowest BCUT2D eigenvalue weighted by Gasteiger charge is -2.29. The summed E-state index contributed by atoms with van der Waals surface area (Å²) in [5, 5.41) is 13.9. The number of carbonyl (C=O) groups excluding carboxylic acids is 2. The van der Waals surface area contributed by atoms with Crippen LogP contribution in [0.2, 0.25) is 5.02 Å². The molecule has 2 N–H and O–H groups in total. The molecule has 1 aromatic carbocycles. The van der Waals surface area contributed by atoms with Gasteiger partial charge in [-0.25, -0.2) is 9.07 Å². The van der Waals surface area contributed by atoms with Crippen LogP contribution in [0.25, 0.3) is 5.69 Å². The minimum atomic E-state index is -0.528. The quantitative estimate of drug-likeness (QED) is 0.775. The molecule has 1 aliphatic carbocycles. The van der Waals surface area contributed by atoms with E-state index in [1.54, 1.807) is 6.92 Å². The average Bonchev–Trinajstić information content (AvgIpc) is 3.05. The van der Waals surface area contributed by atoms with Crippen molar-refractivity contribution in [1.29, 1.82) is 0 Å². The molecule has 1 aromatic heterocycles. The lowest BCUT2D eigenvalue weighted by atomic mass is 9.85. The fraction of sp³-hybridized carbons (Fsp3) is 0.500. The Balaban J connectivity index is 1.69. The van der Waals surface area contributed by atoms with E-state index >= 15 is 0 Å². The van der Waals surface area contributed by atoms with Crippen molar-refractivity contribution in [3.63, 3.8) is 0 Å². The summed E-state index contributed by atoms with van der Waals surface area (Å²) in [6.07, 6.45) is 3.12. The Morgan fingerprint density at radius 3 is 2.76 bits per heavy atom. The number of benzene rings is 1. The Kier molecular flexibility index (Phi) is 6.52. The second-order valence-electron chi connectivity index (χ2n) is 7.73. The van der Waals surface area contributed by atoms with Gasteiger partial charge in [-0.2, -0.15) is 0 Å². The number of rotatable bonds is 5. The van der Waals surface area contributed by atoms with Gasteiger partial charge in [0.1, 0.15) is 5.82 Å². The Labute approximate surface area is 174 Å². The summed E-state index contributed by atoms with van der Waals surface area (Å²) < 4.78 is 14.8. The van der Waals surface area contributed by atoms with E-state index < -0.39 is 5.82 Å². The van der Waals surface area contributed by atoms with Crippen molar-refractivity contribution in [2.45, 2.75) is 58.5 Å². The van der Waals surface area contributed by atoms with Crippen LogP contribution in [-0.2, 0) is 4.79 Å². The van der Waals surface area contributed by atoms with Crippen LogP contribution in [-0.4, -0.2) is 38.9 Å². The van der Waals surface area contributed by atoms with Crippen molar-refractivity contribution in [2.75, 3.05) is 0 Å². The van der Waals surface area contributed by atoms with Gasteiger partial charge in [0.2, 0.25) is 5.91 Å². The standard InChI is InChI=1S/C20H25ClFN5O2/c1-11(2)23-19(28)13-5-4-6-14(9-13)24-20(29)18-12(3)27(26-25-18)15-7-8-17(22)16(21)10-15/h7-8,10-11,13-14H,4-6,9H2,1-3H3,(H,23,28)(H,24,29). The maximum absolute atomic E-state index is 13.4. The highest BCUT2D eigenvalue weighted by molar-refractivity contribution is 6.30. The molecule has 0 aliphatic heterocycles. The predicted octanol–water partition coefficient (Wildman–Crippen LogP) is 3.18. The lowest BCUT2D eigenvalue weighted by Crippen LogP contribution is -2.44. The van der Waals surface area contributed by atoms with E-state index in [2.05, 4.69) is 20.9 Å². The maximum atomic E-state index is 13.4. The van der Waals surface area contributed by atoms with E-state index in [0.29, 0.717) is 17.8 Å². The molecule has 1 saturated carbocycles. The molecule has 7 nitrogen and oxygen atoms in total. The van der Waals surface area contributed by atoms with Crippen LogP contribution >= 0.6 is 11.6 Å². The SMILES string of the molecule is Cc1c(C(=O)NC2CCCC(C(=O)NC(C)C)C2)nnn1-c1ccc(F)c(Cl)c1. The Bertz CT molecular complexity index is 914. The van der Waals surface area contributed by atoms with Crippen LogP contribution in [0.4, 0.5) is 4.39 Å². The number of amides is 2. The number of hydrogen-bond donors (Lipinski definition) is 2. The first-order valence-electron chi connectivity index (χ1n) is 9.75. The fourth-order valence-electron chi connectivity index (χ4n) is 3.62. The molecule has 0 saturated heterocycles. The Morgan fingerprint density at radius 2 is 2.07 bits per heavy atom. The topological polar surface area (TPSA) is 88.9 Å². The second-order valence-corrected chi connectivity index (χ2v) is 8.14. The van der Waals surface area contributed by atoms with Crippen LogP contribution in [0.1, 0.15) is 55.7 Å². The Hall–Kier alpha value is -2.48. The summed E-state index contributed by atoms with van der Waals surface area (Å²) in [6, 6.07) is 4.19. The van der Waals surface area contributed by atoms with E-state index in [4.69, 9.17) is 11.6 Å². The molecule has 29 heavy (non-hydrogen) atoms. The number of hydrogen-bond acceptors (Lipinski definition) is 4. The van der Waals surface area contributed by atoms with E-state index in [9.17, 15) is 14.0 Å². The molecule has 156 valence electrons. The number of carbonyl (C=O) groups is 2. The third-order valence-electron chi connectivity index (χ3n) is 5.07. The number of nitrogens with one attached hydrogen (secondary N) is 2. The van der Waals surface area contributed by atoms with Crippen LogP contribution in [0.3, 0.4) is 0 Å². The summed E-state index contributed by atoms with van der Waals surface area (Å²) in [5.74, 6) is -0.930. The highest BCUT2D eigenvalue weighted by Crippen LogP contribution is 2.25. The first kappa shape index (κ1) is 21.2. The Morgan fingerprint density at radius 1 is 1.31 bits per heavy atom. The molecular formula is C20H25ClFN5O2. The fourth-order valence-corrected chi connectivity index (χ4v) is 3.79. The van der Waals surface area contributed by atoms with Crippen molar-refractivity contribution in [3.05, 3.63) is 40.4 Å². The molecule has 2 unspecified atom stereocenters. The highest BCUT2D eigenvalue weighted by atomic mass is 35.5. The van der Waals surface area contributed by atoms with Gasteiger partial charge < -0.3 is 10.6 Å². The number of halogens is 2. The monoisotopic (exact) mass is 421 g/mol. The highest BCUT2D eigenvalue weighted by Gasteiger charge is 2.29. The van der Waals surface area contributed by atoms with Crippen LogP contribution in [0, 0.1) is 18.7 Å². The average molecular weight is 422 g/mol. The zero-order valence-corrected chi connectivity index (χ0v) is 17.5. The van der Waals surface area contributed by atoms with Gasteiger partial charge in [0.25, 0.3) is 5.91 Å². The van der Waals surface area contributed by atoms with Gasteiger partial charge >= 0.3 is 0 Å². The molecule has 0 radical (unpaired) electrons. The molecule has 2 atom stereocenters. The van der Waals surface area contributed by atoms with Crippen molar-refractivity contribution in [3.8, 4) is 5.69 Å². The maximum Gasteiger partial charge on any atom is 0.273 e. The zero-order valence-electron chi connectivity index (χ0n) is 16.7. The largest absolute Gasteiger partial charge is 0.354 e. The van der Waals surface area contributed by atoms with Crippen molar-refractivity contribution in [2.24, 2.45) is 5.92 Å². The normalized spacial score (nSPS) is 19.2. The van der Waals surface area contributed by atoms with Gasteiger partial charge in [0.05, 0.1) is 16.4 Å². The minimum Gasteiger partial charge on any atom is -0.354 e. The van der Waals surface area contributed by atoms with E-state index in [1.165, 1.54) is 22.9 Å². The van der Waals surface area contributed by atoms with Crippen LogP contribution < -0.4 is 10.6 Å². The van der Waals surface area contributed by atoms with Gasteiger partial charge in [-0.05, 0) is 58.2 Å². The van der Waals surface area contributed by atoms with Crippen molar-refractivity contribution >= 4 is 23.4 Å². The van der Waals surface area contributed by atoms with E-state index in [1.807, 2.05) is 13.8 Å². The third kappa shape index (κ3) is 4.93. The smallest absolute Gasteiger partial charge is 0.273 e. The van der Waals surface area contributed by atoms with Gasteiger partial charge in [0, 0.05) is 18.0 Å². The summed E-state index contributed by atoms with van der Waals surface area (Å²) in [4.78, 5) is 25.0. The summed E-state index contributed by atoms with van der Waals surface area (Å²) >= 11 is 5.84. The lowest BCUT2D eigenvalue weighted by molar-refractivity contribution is -0.126. The van der Waals surface area contributed by atoms with Gasteiger partial charge in [0.15, 0.2) is 5.69 Å². The van der Waals surface area contributed by atoms with Gasteiger partial charge in [-0.1, -0.05) is 23.2 Å². The molecule has 2 amide bonds. The first-order chi connectivity index (χ1) is 13.8.